The van der Waals surface area contributed by atoms with Gasteiger partial charge in [0.05, 0.1) is 22.8 Å². The monoisotopic (exact) mass is 447 g/mol. The van der Waals surface area contributed by atoms with Crippen molar-refractivity contribution in [3.8, 4) is 0 Å². The molecule has 2 aliphatic rings. The summed E-state index contributed by atoms with van der Waals surface area (Å²) in [5.74, 6) is -0.780. The first-order valence-electron chi connectivity index (χ1n) is 10.5. The number of amides is 2. The van der Waals surface area contributed by atoms with Gasteiger partial charge in [0.15, 0.2) is 16.7 Å². The zero-order valence-electron chi connectivity index (χ0n) is 17.2. The number of nitrogens with one attached hydrogen (secondary N) is 1. The molecule has 5 rings (SSSR count). The number of nitrogens with zero attached hydrogens (tertiary/aromatic N) is 2. The lowest BCUT2D eigenvalue weighted by molar-refractivity contribution is -0.135. The molecular weight excluding hydrogens is 426 g/mol. The fourth-order valence-electron chi connectivity index (χ4n) is 4.17. The SMILES string of the molecule is O=C(Nc1nc2c(s1)C(=O)CC(C(=O)N1CC=C(c3ccccc3)CC1)C2)c1ccco1. The van der Waals surface area contributed by atoms with Crippen LogP contribution in [0.4, 0.5) is 5.13 Å². The van der Waals surface area contributed by atoms with Gasteiger partial charge in [-0.25, -0.2) is 4.98 Å². The average molecular weight is 448 g/mol. The van der Waals surface area contributed by atoms with E-state index >= 15 is 0 Å². The summed E-state index contributed by atoms with van der Waals surface area (Å²) >= 11 is 1.15. The van der Waals surface area contributed by atoms with Gasteiger partial charge in [0.1, 0.15) is 0 Å². The van der Waals surface area contributed by atoms with Crippen LogP contribution >= 0.6 is 11.3 Å². The van der Waals surface area contributed by atoms with Crippen molar-refractivity contribution < 1.29 is 18.8 Å². The molecule has 0 saturated heterocycles. The highest BCUT2D eigenvalue weighted by Crippen LogP contribution is 2.34. The fraction of sp³-hybridized carbons (Fsp3) is 0.250. The lowest BCUT2D eigenvalue weighted by Crippen LogP contribution is -2.41. The van der Waals surface area contributed by atoms with Crippen LogP contribution in [0.1, 0.15) is 44.3 Å². The van der Waals surface area contributed by atoms with Crippen LogP contribution in [0.3, 0.4) is 0 Å². The summed E-state index contributed by atoms with van der Waals surface area (Å²) in [4.78, 5) is 44.8. The summed E-state index contributed by atoms with van der Waals surface area (Å²) in [6.45, 7) is 1.18. The molecule has 2 aromatic heterocycles. The van der Waals surface area contributed by atoms with Crippen molar-refractivity contribution >= 4 is 39.6 Å². The molecule has 1 aliphatic heterocycles. The van der Waals surface area contributed by atoms with Gasteiger partial charge in [0.25, 0.3) is 5.91 Å². The van der Waals surface area contributed by atoms with E-state index in [1.54, 1.807) is 12.1 Å². The molecule has 1 aromatic carbocycles. The van der Waals surface area contributed by atoms with Gasteiger partial charge in [-0.1, -0.05) is 47.7 Å². The Hall–Kier alpha value is -3.52. The normalized spacial score (nSPS) is 18.1. The third kappa shape index (κ3) is 4.01. The highest BCUT2D eigenvalue weighted by Gasteiger charge is 2.35. The van der Waals surface area contributed by atoms with Crippen LogP contribution in [0.15, 0.2) is 59.2 Å². The second-order valence-electron chi connectivity index (χ2n) is 7.88. The number of hydrogen-bond donors (Lipinski definition) is 1. The predicted octanol–water partition coefficient (Wildman–Crippen LogP) is 4.05. The molecule has 0 radical (unpaired) electrons. The molecule has 3 aromatic rings. The number of Topliss-reactive ketones (excluding diaryl/α,β-unsaturated/α-hetero) is 1. The van der Waals surface area contributed by atoms with E-state index in [4.69, 9.17) is 4.42 Å². The van der Waals surface area contributed by atoms with E-state index in [0.717, 1.165) is 17.8 Å². The molecule has 3 heterocycles. The third-order valence-corrected chi connectivity index (χ3v) is 6.86. The zero-order chi connectivity index (χ0) is 22.1. The predicted molar refractivity (Wildman–Crippen MR) is 121 cm³/mol. The Labute approximate surface area is 188 Å². The Kier molecular flexibility index (Phi) is 5.45. The maximum Gasteiger partial charge on any atom is 0.293 e. The molecule has 0 fully saturated rings. The minimum atomic E-state index is -0.421. The van der Waals surface area contributed by atoms with Gasteiger partial charge in [-0.15, -0.1) is 0 Å². The van der Waals surface area contributed by atoms with Crippen LogP contribution < -0.4 is 5.32 Å². The number of carbonyl (C=O) groups is 3. The number of thiazole rings is 1. The maximum absolute atomic E-state index is 13.1. The Balaban J connectivity index is 1.26. The largest absolute Gasteiger partial charge is 0.459 e. The van der Waals surface area contributed by atoms with Gasteiger partial charge in [-0.3, -0.25) is 19.7 Å². The summed E-state index contributed by atoms with van der Waals surface area (Å²) < 4.78 is 5.09. The first-order valence-corrected chi connectivity index (χ1v) is 11.3. The number of carbonyl (C=O) groups excluding carboxylic acids is 3. The molecule has 8 heteroatoms. The summed E-state index contributed by atoms with van der Waals surface area (Å²) in [5, 5.41) is 3.01. The van der Waals surface area contributed by atoms with Crippen LogP contribution in [-0.4, -0.2) is 40.6 Å². The van der Waals surface area contributed by atoms with E-state index in [0.29, 0.717) is 35.2 Å². The second-order valence-corrected chi connectivity index (χ2v) is 8.88. The molecule has 1 N–H and O–H groups in total. The molecule has 1 aliphatic carbocycles. The Morgan fingerprint density at radius 3 is 2.69 bits per heavy atom. The molecule has 2 amide bonds. The van der Waals surface area contributed by atoms with Gasteiger partial charge < -0.3 is 9.32 Å². The molecule has 162 valence electrons. The Morgan fingerprint density at radius 1 is 1.12 bits per heavy atom. The summed E-state index contributed by atoms with van der Waals surface area (Å²) in [5.41, 5.74) is 3.01. The molecule has 1 atom stereocenters. The van der Waals surface area contributed by atoms with Gasteiger partial charge in [-0.2, -0.15) is 0 Å². The number of rotatable bonds is 4. The van der Waals surface area contributed by atoms with E-state index in [-0.39, 0.29) is 23.9 Å². The van der Waals surface area contributed by atoms with Crippen molar-refractivity contribution in [3.05, 3.63) is 76.7 Å². The smallest absolute Gasteiger partial charge is 0.293 e. The minimum absolute atomic E-state index is 0.0125. The summed E-state index contributed by atoms with van der Waals surface area (Å²) in [7, 11) is 0. The van der Waals surface area contributed by atoms with E-state index < -0.39 is 11.8 Å². The molecule has 0 spiro atoms. The quantitative estimate of drug-likeness (QED) is 0.651. The number of anilines is 1. The van der Waals surface area contributed by atoms with Crippen molar-refractivity contribution in [1.29, 1.82) is 0 Å². The second kappa shape index (κ2) is 8.55. The highest BCUT2D eigenvalue weighted by atomic mass is 32.1. The van der Waals surface area contributed by atoms with Crippen LogP contribution in [0, 0.1) is 5.92 Å². The van der Waals surface area contributed by atoms with Crippen molar-refractivity contribution in [1.82, 2.24) is 9.88 Å². The minimum Gasteiger partial charge on any atom is -0.459 e. The number of fused-ring (bicyclic) bond motifs is 1. The maximum atomic E-state index is 13.1. The van der Waals surface area contributed by atoms with Gasteiger partial charge >= 0.3 is 0 Å². The molecule has 1 unspecified atom stereocenters. The number of ketones is 1. The van der Waals surface area contributed by atoms with Crippen molar-refractivity contribution in [2.75, 3.05) is 18.4 Å². The van der Waals surface area contributed by atoms with Crippen LogP contribution in [0.25, 0.3) is 5.57 Å². The van der Waals surface area contributed by atoms with E-state index in [1.165, 1.54) is 17.4 Å². The number of benzene rings is 1. The topological polar surface area (TPSA) is 92.5 Å². The van der Waals surface area contributed by atoms with Crippen LogP contribution in [0.2, 0.25) is 0 Å². The highest BCUT2D eigenvalue weighted by molar-refractivity contribution is 7.17. The van der Waals surface area contributed by atoms with Gasteiger partial charge in [-0.05, 0) is 29.7 Å². The summed E-state index contributed by atoms with van der Waals surface area (Å²) in [6, 6.07) is 13.4. The van der Waals surface area contributed by atoms with Crippen molar-refractivity contribution in [3.63, 3.8) is 0 Å². The number of aromatic nitrogens is 1. The summed E-state index contributed by atoms with van der Waals surface area (Å²) in [6.07, 6.45) is 4.88. The fourth-order valence-corrected chi connectivity index (χ4v) is 5.10. The third-order valence-electron chi connectivity index (χ3n) is 5.80. The zero-order valence-corrected chi connectivity index (χ0v) is 18.1. The van der Waals surface area contributed by atoms with Crippen molar-refractivity contribution in [2.45, 2.75) is 19.3 Å². The average Bonchev–Trinajstić information content (AvgIpc) is 3.50. The Morgan fingerprint density at radius 2 is 1.97 bits per heavy atom. The number of furan rings is 1. The van der Waals surface area contributed by atoms with Gasteiger partial charge in [0, 0.05) is 25.9 Å². The lowest BCUT2D eigenvalue weighted by atomic mass is 9.88. The first-order chi connectivity index (χ1) is 15.6. The van der Waals surface area contributed by atoms with Crippen LogP contribution in [0.5, 0.6) is 0 Å². The molecule has 32 heavy (non-hydrogen) atoms. The van der Waals surface area contributed by atoms with Crippen molar-refractivity contribution in [2.24, 2.45) is 5.92 Å². The van der Waals surface area contributed by atoms with Gasteiger partial charge in [0.2, 0.25) is 5.91 Å². The molecule has 0 bridgehead atoms. The first kappa shape index (κ1) is 20.4. The lowest BCUT2D eigenvalue weighted by Gasteiger charge is -2.31. The van der Waals surface area contributed by atoms with E-state index in [1.807, 2.05) is 23.1 Å². The van der Waals surface area contributed by atoms with Crippen LogP contribution in [-0.2, 0) is 11.2 Å². The van der Waals surface area contributed by atoms with E-state index in [2.05, 4.69) is 28.5 Å². The number of hydrogen-bond acceptors (Lipinski definition) is 6. The molecule has 7 nitrogen and oxygen atoms in total. The molecular formula is C24H21N3O4S. The van der Waals surface area contributed by atoms with E-state index in [9.17, 15) is 14.4 Å². The molecule has 0 saturated carbocycles. The standard InChI is InChI=1S/C24H21N3O4S/c28-19-14-17(23(30)27-10-8-16(9-11-27)15-5-2-1-3-6-15)13-18-21(19)32-24(25-18)26-22(29)20-7-4-12-31-20/h1-8,12,17H,9-11,13-14H2,(H,25,26,29). The Bertz CT molecular complexity index is 1200.